The Labute approximate surface area is 242 Å². The first-order chi connectivity index (χ1) is 20.3. The predicted octanol–water partition coefficient (Wildman–Crippen LogP) is 3.54. The molecule has 0 spiro atoms. The molecule has 0 aromatic heterocycles. The van der Waals surface area contributed by atoms with Crippen LogP contribution in [0.5, 0.6) is 5.75 Å². The third kappa shape index (κ3) is 6.05. The van der Waals surface area contributed by atoms with Crippen molar-refractivity contribution >= 4 is 17.7 Å². The molecule has 3 atom stereocenters. The lowest BCUT2D eigenvalue weighted by atomic mass is 10.00. The summed E-state index contributed by atoms with van der Waals surface area (Å²) in [5.41, 5.74) is 2.71. The molecule has 0 saturated carbocycles. The van der Waals surface area contributed by atoms with Gasteiger partial charge in [0.2, 0.25) is 11.8 Å². The van der Waals surface area contributed by atoms with Gasteiger partial charge in [0, 0.05) is 56.3 Å². The normalized spacial score (nSPS) is 22.7. The maximum absolute atomic E-state index is 14.4. The van der Waals surface area contributed by atoms with Crippen molar-refractivity contribution in [1.29, 1.82) is 0 Å². The number of likely N-dealkylation sites (tertiary alicyclic amines) is 1. The van der Waals surface area contributed by atoms with E-state index in [1.807, 2.05) is 24.3 Å². The number of amides is 3. The van der Waals surface area contributed by atoms with Crippen LogP contribution in [0.2, 0.25) is 0 Å². The van der Waals surface area contributed by atoms with Crippen molar-refractivity contribution in [3.63, 3.8) is 0 Å². The Morgan fingerprint density at radius 3 is 2.62 bits per heavy atom. The average Bonchev–Trinajstić information content (AvgIpc) is 3.30. The van der Waals surface area contributed by atoms with Crippen LogP contribution in [0.3, 0.4) is 0 Å². The molecule has 218 valence electrons. The second kappa shape index (κ2) is 12.0. The molecule has 2 saturated heterocycles. The molecule has 0 radical (unpaired) electrons. The zero-order valence-electron chi connectivity index (χ0n) is 23.0. The highest BCUT2D eigenvalue weighted by molar-refractivity contribution is 6.05. The summed E-state index contributed by atoms with van der Waals surface area (Å²) in [6.45, 7) is 2.34. The summed E-state index contributed by atoms with van der Waals surface area (Å²) in [6, 6.07) is 18.2. The Kier molecular flexibility index (Phi) is 7.99. The molecule has 2 N–H and O–H groups in total. The fourth-order valence-corrected chi connectivity index (χ4v) is 6.03. The second-order valence-electron chi connectivity index (χ2n) is 11.1. The van der Waals surface area contributed by atoms with Gasteiger partial charge in [-0.15, -0.1) is 0 Å². The Morgan fingerprint density at radius 1 is 0.976 bits per heavy atom. The van der Waals surface area contributed by atoms with Crippen LogP contribution in [0.25, 0.3) is 0 Å². The standard InChI is InChI=1S/C32H32F2N4O4/c33-23-6-9-26(34)22(14-23)17-37-13-12-27(35-16-20-4-2-1-3-5-20)29(19-37)42-24-7-8-25-21(15-24)18-38(32(25)41)28-10-11-30(39)36-31(28)40/h1-9,14-15,27-29,35H,10-13,16-19H2,(H,36,39,40)/t27-,28?,29-/m1/s1. The van der Waals surface area contributed by atoms with Crippen molar-refractivity contribution in [2.24, 2.45) is 0 Å². The number of rotatable bonds is 8. The molecule has 3 aliphatic rings. The van der Waals surface area contributed by atoms with Gasteiger partial charge in [0.05, 0.1) is 0 Å². The number of hydrogen-bond acceptors (Lipinski definition) is 6. The lowest BCUT2D eigenvalue weighted by Crippen LogP contribution is -2.54. The van der Waals surface area contributed by atoms with E-state index in [9.17, 15) is 23.2 Å². The summed E-state index contributed by atoms with van der Waals surface area (Å²) in [6.07, 6.45) is 0.924. The molecular weight excluding hydrogens is 542 g/mol. The smallest absolute Gasteiger partial charge is 0.255 e. The third-order valence-electron chi connectivity index (χ3n) is 8.24. The molecule has 3 aliphatic heterocycles. The van der Waals surface area contributed by atoms with Gasteiger partial charge in [-0.2, -0.15) is 0 Å². The van der Waals surface area contributed by atoms with Crippen molar-refractivity contribution in [2.45, 2.75) is 57.1 Å². The summed E-state index contributed by atoms with van der Waals surface area (Å²) < 4.78 is 34.8. The summed E-state index contributed by atoms with van der Waals surface area (Å²) in [4.78, 5) is 40.7. The van der Waals surface area contributed by atoms with E-state index in [0.717, 1.165) is 29.7 Å². The molecule has 3 aromatic rings. The first-order valence-corrected chi connectivity index (χ1v) is 14.2. The van der Waals surface area contributed by atoms with E-state index in [0.29, 0.717) is 42.9 Å². The first kappa shape index (κ1) is 28.0. The molecule has 1 unspecified atom stereocenters. The number of hydrogen-bond donors (Lipinski definition) is 2. The largest absolute Gasteiger partial charge is 0.487 e. The number of fused-ring (bicyclic) bond motifs is 1. The third-order valence-corrected chi connectivity index (χ3v) is 8.24. The van der Waals surface area contributed by atoms with Gasteiger partial charge in [-0.05, 0) is 60.4 Å². The van der Waals surface area contributed by atoms with Gasteiger partial charge in [0.15, 0.2) is 0 Å². The molecule has 42 heavy (non-hydrogen) atoms. The molecule has 0 bridgehead atoms. The Balaban J connectivity index is 1.18. The van der Waals surface area contributed by atoms with E-state index in [1.54, 1.807) is 12.1 Å². The summed E-state index contributed by atoms with van der Waals surface area (Å²) in [7, 11) is 0. The van der Waals surface area contributed by atoms with Crippen molar-refractivity contribution < 1.29 is 27.9 Å². The Hall–Kier alpha value is -4.15. The predicted molar refractivity (Wildman–Crippen MR) is 150 cm³/mol. The number of imide groups is 1. The lowest BCUT2D eigenvalue weighted by Gasteiger charge is -2.39. The van der Waals surface area contributed by atoms with Crippen LogP contribution in [0.1, 0.15) is 46.3 Å². The van der Waals surface area contributed by atoms with Crippen LogP contribution in [-0.2, 0) is 29.2 Å². The molecule has 0 aliphatic carbocycles. The Morgan fingerprint density at radius 2 is 1.81 bits per heavy atom. The van der Waals surface area contributed by atoms with Gasteiger partial charge in [0.1, 0.15) is 29.5 Å². The maximum Gasteiger partial charge on any atom is 0.255 e. The van der Waals surface area contributed by atoms with E-state index in [-0.39, 0.29) is 43.5 Å². The van der Waals surface area contributed by atoms with Gasteiger partial charge in [-0.3, -0.25) is 24.6 Å². The minimum Gasteiger partial charge on any atom is -0.487 e. The topological polar surface area (TPSA) is 91.0 Å². The summed E-state index contributed by atoms with van der Waals surface area (Å²) in [5, 5.41) is 5.93. The summed E-state index contributed by atoms with van der Waals surface area (Å²) in [5.74, 6) is -1.35. The van der Waals surface area contributed by atoms with Gasteiger partial charge in [-0.25, -0.2) is 8.78 Å². The fourth-order valence-electron chi connectivity index (χ4n) is 6.03. The zero-order valence-corrected chi connectivity index (χ0v) is 23.0. The van der Waals surface area contributed by atoms with Crippen molar-refractivity contribution in [3.05, 3.63) is 101 Å². The molecule has 8 nitrogen and oxygen atoms in total. The van der Waals surface area contributed by atoms with Crippen LogP contribution in [-0.4, -0.2) is 58.8 Å². The lowest BCUT2D eigenvalue weighted by molar-refractivity contribution is -0.136. The van der Waals surface area contributed by atoms with Gasteiger partial charge in [-0.1, -0.05) is 30.3 Å². The number of halogens is 2. The molecule has 10 heteroatoms. The molecule has 6 rings (SSSR count). The number of nitrogens with zero attached hydrogens (tertiary/aromatic N) is 2. The maximum atomic E-state index is 14.4. The highest BCUT2D eigenvalue weighted by atomic mass is 19.1. The van der Waals surface area contributed by atoms with Crippen LogP contribution in [0, 0.1) is 11.6 Å². The summed E-state index contributed by atoms with van der Waals surface area (Å²) >= 11 is 0. The fraction of sp³-hybridized carbons (Fsp3) is 0.344. The number of carbonyl (C=O) groups is 3. The SMILES string of the molecule is O=C1CCC(N2Cc3cc(O[C@@H]4CN(Cc5cc(F)ccc5F)CC[C@H]4NCc4ccccc4)ccc3C2=O)C(=O)N1. The van der Waals surface area contributed by atoms with Crippen molar-refractivity contribution in [3.8, 4) is 5.75 Å². The Bertz CT molecular complexity index is 1500. The molecule has 3 amide bonds. The minimum atomic E-state index is -0.686. The van der Waals surface area contributed by atoms with Crippen LogP contribution in [0.4, 0.5) is 8.78 Å². The zero-order chi connectivity index (χ0) is 29.2. The highest BCUT2D eigenvalue weighted by Crippen LogP contribution is 2.31. The molecular formula is C32H32F2N4O4. The van der Waals surface area contributed by atoms with E-state index in [4.69, 9.17) is 4.74 Å². The molecule has 2 fully saturated rings. The van der Waals surface area contributed by atoms with Crippen LogP contribution < -0.4 is 15.4 Å². The average molecular weight is 575 g/mol. The first-order valence-electron chi connectivity index (χ1n) is 14.2. The van der Waals surface area contributed by atoms with E-state index in [1.165, 1.54) is 11.0 Å². The molecule has 3 aromatic carbocycles. The monoisotopic (exact) mass is 574 g/mol. The number of nitrogens with one attached hydrogen (secondary N) is 2. The number of ether oxygens (including phenoxy) is 1. The van der Waals surface area contributed by atoms with Gasteiger partial charge in [0.25, 0.3) is 5.91 Å². The number of benzene rings is 3. The van der Waals surface area contributed by atoms with E-state index >= 15 is 0 Å². The van der Waals surface area contributed by atoms with Gasteiger partial charge >= 0.3 is 0 Å². The molecule has 3 heterocycles. The minimum absolute atomic E-state index is 0.00586. The van der Waals surface area contributed by atoms with Crippen molar-refractivity contribution in [2.75, 3.05) is 13.1 Å². The highest BCUT2D eigenvalue weighted by Gasteiger charge is 2.39. The van der Waals surface area contributed by atoms with Gasteiger partial charge < -0.3 is 15.0 Å². The van der Waals surface area contributed by atoms with E-state index < -0.39 is 23.6 Å². The second-order valence-corrected chi connectivity index (χ2v) is 11.1. The van der Waals surface area contributed by atoms with E-state index in [2.05, 4.69) is 27.7 Å². The quantitative estimate of drug-likeness (QED) is 0.400. The van der Waals surface area contributed by atoms with Crippen molar-refractivity contribution in [1.82, 2.24) is 20.4 Å². The van der Waals surface area contributed by atoms with Crippen LogP contribution in [0.15, 0.2) is 66.7 Å². The van der Waals surface area contributed by atoms with Crippen LogP contribution >= 0.6 is 0 Å². The number of piperidine rings is 2. The number of carbonyl (C=O) groups excluding carboxylic acids is 3.